The third kappa shape index (κ3) is 6.60. The van der Waals surface area contributed by atoms with Crippen LogP contribution in [0.25, 0.3) is 0 Å². The zero-order valence-corrected chi connectivity index (χ0v) is 10.1. The quantitative estimate of drug-likeness (QED) is 0.488. The van der Waals surface area contributed by atoms with Crippen molar-refractivity contribution in [1.82, 2.24) is 0 Å². The van der Waals surface area contributed by atoms with Crippen molar-refractivity contribution >= 4 is 15.9 Å². The van der Waals surface area contributed by atoms with Gasteiger partial charge in [0.05, 0.1) is 13.2 Å². The second-order valence-electron chi connectivity index (χ2n) is 3.93. The van der Waals surface area contributed by atoms with E-state index >= 15 is 0 Å². The molecule has 0 aromatic heterocycles. The fraction of sp³-hybridized carbons (Fsp3) is 1.00. The lowest BCUT2D eigenvalue weighted by molar-refractivity contribution is 0.134. The van der Waals surface area contributed by atoms with Crippen molar-refractivity contribution in [2.75, 3.05) is 13.2 Å². The van der Waals surface area contributed by atoms with Crippen molar-refractivity contribution < 1.29 is 18.1 Å². The van der Waals surface area contributed by atoms with Crippen LogP contribution in [0, 0.1) is 11.8 Å². The first-order valence-corrected chi connectivity index (χ1v) is 6.13. The monoisotopic (exact) mass is 220 g/mol. The molecule has 6 heteroatoms. The second kappa shape index (κ2) is 6.62. The average Bonchev–Trinajstić information content (AvgIpc) is 2.11. The lowest BCUT2D eigenvalue weighted by Gasteiger charge is -2.18. The van der Waals surface area contributed by atoms with E-state index in [2.05, 4.69) is 4.44 Å². The van der Waals surface area contributed by atoms with Crippen molar-refractivity contribution in [1.29, 1.82) is 0 Å². The van der Waals surface area contributed by atoms with E-state index in [1.54, 1.807) is 0 Å². The fourth-order valence-corrected chi connectivity index (χ4v) is 1.74. The molecule has 0 saturated carbocycles. The van der Waals surface area contributed by atoms with Gasteiger partial charge in [0.1, 0.15) is 0 Å². The molecule has 0 unspecified atom stereocenters. The first-order valence-electron chi connectivity index (χ1n) is 4.67. The molecule has 0 rings (SSSR count). The maximum absolute atomic E-state index is 11.6. The van der Waals surface area contributed by atoms with Gasteiger partial charge in [-0.15, -0.1) is 0 Å². The Kier molecular flexibility index (Phi) is 6.70. The van der Waals surface area contributed by atoms with Crippen LogP contribution in [0.1, 0.15) is 27.7 Å². The minimum Gasteiger partial charge on any atom is -0.362 e. The summed E-state index contributed by atoms with van der Waals surface area (Å²) in [6, 6.07) is 0. The fourth-order valence-electron chi connectivity index (χ4n) is 0.579. The summed E-state index contributed by atoms with van der Waals surface area (Å²) in [5.74, 6) is 0.502. The summed E-state index contributed by atoms with van der Waals surface area (Å²) < 4.78 is 25.8. The molecule has 82 valence electrons. The molecular formula is C8H18BO4P. The number of phosphoric ester groups is 1. The lowest BCUT2D eigenvalue weighted by Crippen LogP contribution is -2.07. The molecule has 0 aliphatic carbocycles. The largest absolute Gasteiger partial charge is 0.459 e. The highest BCUT2D eigenvalue weighted by Gasteiger charge is 2.24. The summed E-state index contributed by atoms with van der Waals surface area (Å²) in [5.41, 5.74) is 0. The first-order chi connectivity index (χ1) is 6.39. The van der Waals surface area contributed by atoms with Crippen LogP contribution in [-0.2, 0) is 18.1 Å². The maximum Gasteiger partial charge on any atom is 0.459 e. The molecule has 0 spiro atoms. The van der Waals surface area contributed by atoms with E-state index in [0.717, 1.165) is 0 Å². The van der Waals surface area contributed by atoms with E-state index < -0.39 is 7.82 Å². The average molecular weight is 220 g/mol. The Morgan fingerprint density at radius 2 is 1.43 bits per heavy atom. The molecule has 4 nitrogen and oxygen atoms in total. The molecule has 0 N–H and O–H groups in total. The second-order valence-corrected chi connectivity index (χ2v) is 5.55. The number of phosphoric acid groups is 1. The highest BCUT2D eigenvalue weighted by molar-refractivity contribution is 7.49. The van der Waals surface area contributed by atoms with E-state index in [-0.39, 0.29) is 11.8 Å². The van der Waals surface area contributed by atoms with Crippen molar-refractivity contribution in [2.45, 2.75) is 27.7 Å². The van der Waals surface area contributed by atoms with Crippen LogP contribution < -0.4 is 0 Å². The van der Waals surface area contributed by atoms with Crippen LogP contribution >= 0.6 is 7.82 Å². The molecule has 0 aromatic carbocycles. The van der Waals surface area contributed by atoms with Crippen molar-refractivity contribution in [3.63, 3.8) is 0 Å². The highest BCUT2D eigenvalue weighted by atomic mass is 31.2. The normalized spacial score (nSPS) is 12.7. The van der Waals surface area contributed by atoms with E-state index in [9.17, 15) is 4.57 Å². The molecular weight excluding hydrogens is 202 g/mol. The van der Waals surface area contributed by atoms with Gasteiger partial charge in [0, 0.05) is 0 Å². The van der Waals surface area contributed by atoms with E-state index in [0.29, 0.717) is 13.2 Å². The summed E-state index contributed by atoms with van der Waals surface area (Å²) in [5, 5.41) is 0. The van der Waals surface area contributed by atoms with Crippen molar-refractivity contribution in [3.8, 4) is 0 Å². The van der Waals surface area contributed by atoms with Crippen LogP contribution in [-0.4, -0.2) is 21.3 Å². The SMILES string of the molecule is [B]OP(=O)(OCC(C)C)OCC(C)C. The van der Waals surface area contributed by atoms with Gasteiger partial charge in [-0.3, -0.25) is 9.05 Å². The van der Waals surface area contributed by atoms with Gasteiger partial charge in [-0.1, -0.05) is 27.7 Å². The summed E-state index contributed by atoms with van der Waals surface area (Å²) in [6.45, 7) is 8.33. The topological polar surface area (TPSA) is 44.8 Å². The molecule has 0 amide bonds. The molecule has 0 fully saturated rings. The smallest absolute Gasteiger partial charge is 0.362 e. The van der Waals surface area contributed by atoms with Gasteiger partial charge in [0.2, 0.25) is 0 Å². The van der Waals surface area contributed by atoms with Gasteiger partial charge in [-0.2, -0.15) is 0 Å². The predicted octanol–water partition coefficient (Wildman–Crippen LogP) is 2.54. The first kappa shape index (κ1) is 14.2. The van der Waals surface area contributed by atoms with Crippen molar-refractivity contribution in [2.24, 2.45) is 11.8 Å². The van der Waals surface area contributed by atoms with Gasteiger partial charge >= 0.3 is 7.82 Å². The van der Waals surface area contributed by atoms with Crippen LogP contribution in [0.5, 0.6) is 0 Å². The van der Waals surface area contributed by atoms with Crippen LogP contribution in [0.4, 0.5) is 0 Å². The maximum atomic E-state index is 11.6. The highest BCUT2D eigenvalue weighted by Crippen LogP contribution is 2.48. The molecule has 0 atom stereocenters. The molecule has 0 aliphatic heterocycles. The molecule has 0 aromatic rings. The minimum absolute atomic E-state index is 0.251. The Labute approximate surface area is 87.4 Å². The Hall–Kier alpha value is 0.175. The predicted molar refractivity (Wildman–Crippen MR) is 56.0 cm³/mol. The Morgan fingerprint density at radius 1 is 1.07 bits per heavy atom. The number of hydrogen-bond donors (Lipinski definition) is 0. The van der Waals surface area contributed by atoms with Gasteiger partial charge in [0.25, 0.3) is 8.05 Å². The molecule has 0 bridgehead atoms. The van der Waals surface area contributed by atoms with E-state index in [4.69, 9.17) is 17.1 Å². The third-order valence-electron chi connectivity index (χ3n) is 1.26. The minimum atomic E-state index is -3.53. The Bertz CT molecular complexity index is 180. The molecule has 0 heterocycles. The molecule has 14 heavy (non-hydrogen) atoms. The van der Waals surface area contributed by atoms with E-state index in [1.807, 2.05) is 27.7 Å². The molecule has 0 saturated heterocycles. The van der Waals surface area contributed by atoms with E-state index in [1.165, 1.54) is 0 Å². The lowest BCUT2D eigenvalue weighted by atomic mass is 10.2. The standard InChI is InChI=1S/C8H18BO4P/c1-7(2)5-11-14(10,13-9)12-6-8(3)4/h7-8H,5-6H2,1-4H3. The van der Waals surface area contributed by atoms with Crippen molar-refractivity contribution in [3.05, 3.63) is 0 Å². The third-order valence-corrected chi connectivity index (χ3v) is 2.45. The number of hydrogen-bond acceptors (Lipinski definition) is 4. The zero-order chi connectivity index (χ0) is 11.2. The Morgan fingerprint density at radius 3 is 1.64 bits per heavy atom. The van der Waals surface area contributed by atoms with Gasteiger partial charge in [-0.05, 0) is 11.8 Å². The Balaban J connectivity index is 3.98. The summed E-state index contributed by atoms with van der Waals surface area (Å²) in [6.07, 6.45) is 0. The van der Waals surface area contributed by atoms with Crippen LogP contribution in [0.3, 0.4) is 0 Å². The van der Waals surface area contributed by atoms with Gasteiger partial charge in [-0.25, -0.2) is 4.57 Å². The van der Waals surface area contributed by atoms with Gasteiger partial charge in [0.15, 0.2) is 0 Å². The molecule has 2 radical (unpaired) electrons. The summed E-state index contributed by atoms with van der Waals surface area (Å²) in [7, 11) is 1.34. The van der Waals surface area contributed by atoms with Gasteiger partial charge < -0.3 is 4.44 Å². The summed E-state index contributed by atoms with van der Waals surface area (Å²) in [4.78, 5) is 0. The van der Waals surface area contributed by atoms with Crippen LogP contribution in [0.15, 0.2) is 0 Å². The zero-order valence-electron chi connectivity index (χ0n) is 9.23. The summed E-state index contributed by atoms with van der Waals surface area (Å²) >= 11 is 0. The van der Waals surface area contributed by atoms with Crippen LogP contribution in [0.2, 0.25) is 0 Å². The molecule has 0 aliphatic rings. The number of rotatable bonds is 7.